The molecule has 4 aliphatic carbocycles. The lowest BCUT2D eigenvalue weighted by Gasteiger charge is -2.54. The van der Waals surface area contributed by atoms with Crippen LogP contribution in [-0.4, -0.2) is 26.4 Å². The summed E-state index contributed by atoms with van der Waals surface area (Å²) in [4.78, 5) is 0. The second kappa shape index (κ2) is 4.06. The highest BCUT2D eigenvalue weighted by Crippen LogP contribution is 2.54. The molecule has 0 atom stereocenters. The second-order valence-electron chi connectivity index (χ2n) is 5.76. The van der Waals surface area contributed by atoms with Crippen LogP contribution in [0.1, 0.15) is 32.1 Å². The zero-order valence-electron chi connectivity index (χ0n) is 9.65. The first-order valence-corrected chi connectivity index (χ1v) is 6.47. The van der Waals surface area contributed by atoms with Crippen molar-refractivity contribution in [3.05, 3.63) is 0 Å². The number of hydrogen-bond acceptors (Lipinski definition) is 2. The Morgan fingerprint density at radius 3 is 2.00 bits per heavy atom. The molecule has 0 saturated heterocycles. The monoisotopic (exact) mass is 210 g/mol. The van der Waals surface area contributed by atoms with Crippen molar-refractivity contribution in [2.45, 2.75) is 38.2 Å². The van der Waals surface area contributed by atoms with E-state index in [1.807, 2.05) is 0 Å². The van der Waals surface area contributed by atoms with Gasteiger partial charge >= 0.3 is 0 Å². The maximum absolute atomic E-state index is 6.03. The SMILES string of the molecule is COCCOC1C2CC3CC(C2)CC1C3. The molecular weight excluding hydrogens is 188 g/mol. The zero-order chi connectivity index (χ0) is 10.3. The average Bonchev–Trinajstić information content (AvgIpc) is 2.21. The van der Waals surface area contributed by atoms with Crippen LogP contribution in [0.2, 0.25) is 0 Å². The fourth-order valence-electron chi connectivity index (χ4n) is 4.41. The van der Waals surface area contributed by atoms with E-state index in [1.165, 1.54) is 32.1 Å². The van der Waals surface area contributed by atoms with E-state index in [4.69, 9.17) is 9.47 Å². The molecule has 0 aromatic heterocycles. The van der Waals surface area contributed by atoms with Gasteiger partial charge in [-0.3, -0.25) is 0 Å². The summed E-state index contributed by atoms with van der Waals surface area (Å²) in [6.45, 7) is 1.55. The van der Waals surface area contributed by atoms with Crippen molar-refractivity contribution >= 4 is 0 Å². The van der Waals surface area contributed by atoms with Crippen molar-refractivity contribution in [2.24, 2.45) is 23.7 Å². The summed E-state index contributed by atoms with van der Waals surface area (Å²) in [6, 6.07) is 0. The molecule has 0 spiro atoms. The average molecular weight is 210 g/mol. The molecule has 2 nitrogen and oxygen atoms in total. The largest absolute Gasteiger partial charge is 0.382 e. The van der Waals surface area contributed by atoms with Crippen LogP contribution in [0.3, 0.4) is 0 Å². The van der Waals surface area contributed by atoms with Crippen molar-refractivity contribution in [2.75, 3.05) is 20.3 Å². The molecule has 0 radical (unpaired) electrons. The normalized spacial score (nSPS) is 47.4. The van der Waals surface area contributed by atoms with E-state index in [1.54, 1.807) is 7.11 Å². The molecule has 86 valence electrons. The van der Waals surface area contributed by atoms with Crippen LogP contribution in [0.15, 0.2) is 0 Å². The van der Waals surface area contributed by atoms with Gasteiger partial charge in [-0.05, 0) is 55.8 Å². The van der Waals surface area contributed by atoms with Crippen molar-refractivity contribution < 1.29 is 9.47 Å². The smallest absolute Gasteiger partial charge is 0.0704 e. The Labute approximate surface area is 92.3 Å². The van der Waals surface area contributed by atoms with Gasteiger partial charge in [-0.2, -0.15) is 0 Å². The first-order chi connectivity index (χ1) is 7.36. The molecule has 2 heteroatoms. The molecule has 0 unspecified atom stereocenters. The molecule has 4 bridgehead atoms. The molecule has 0 amide bonds. The maximum atomic E-state index is 6.03. The Morgan fingerprint density at radius 2 is 1.47 bits per heavy atom. The fourth-order valence-corrected chi connectivity index (χ4v) is 4.41. The standard InChI is InChI=1S/C13H22O2/c1-14-2-3-15-13-11-5-9-4-10(7-11)8-12(13)6-9/h9-13H,2-8H2,1H3. The minimum atomic E-state index is 0.577. The predicted molar refractivity (Wildman–Crippen MR) is 58.7 cm³/mol. The fraction of sp³-hybridized carbons (Fsp3) is 1.00. The lowest BCUT2D eigenvalue weighted by molar-refractivity contribution is -0.132. The highest BCUT2D eigenvalue weighted by Gasteiger charge is 2.48. The van der Waals surface area contributed by atoms with Crippen molar-refractivity contribution in [1.82, 2.24) is 0 Å². The van der Waals surface area contributed by atoms with E-state index >= 15 is 0 Å². The summed E-state index contributed by atoms with van der Waals surface area (Å²) in [7, 11) is 1.75. The Balaban J connectivity index is 1.60. The number of rotatable bonds is 4. The summed E-state index contributed by atoms with van der Waals surface area (Å²) in [6.07, 6.45) is 7.90. The Kier molecular flexibility index (Phi) is 2.73. The molecule has 0 aliphatic heterocycles. The third kappa shape index (κ3) is 1.83. The van der Waals surface area contributed by atoms with Gasteiger partial charge in [0, 0.05) is 7.11 Å². The quantitative estimate of drug-likeness (QED) is 0.664. The number of methoxy groups -OCH3 is 1. The molecule has 0 aromatic rings. The van der Waals surface area contributed by atoms with Gasteiger partial charge in [-0.25, -0.2) is 0 Å². The van der Waals surface area contributed by atoms with Crippen LogP contribution in [0.5, 0.6) is 0 Å². The highest BCUT2D eigenvalue weighted by atomic mass is 16.5. The molecular formula is C13H22O2. The molecule has 0 heterocycles. The second-order valence-corrected chi connectivity index (χ2v) is 5.76. The zero-order valence-corrected chi connectivity index (χ0v) is 9.65. The van der Waals surface area contributed by atoms with Gasteiger partial charge in [0.05, 0.1) is 19.3 Å². The van der Waals surface area contributed by atoms with Crippen molar-refractivity contribution in [3.8, 4) is 0 Å². The van der Waals surface area contributed by atoms with Gasteiger partial charge in [-0.1, -0.05) is 0 Å². The van der Waals surface area contributed by atoms with Crippen LogP contribution >= 0.6 is 0 Å². The van der Waals surface area contributed by atoms with Gasteiger partial charge < -0.3 is 9.47 Å². The van der Waals surface area contributed by atoms with Gasteiger partial charge in [-0.15, -0.1) is 0 Å². The van der Waals surface area contributed by atoms with Crippen LogP contribution in [0.4, 0.5) is 0 Å². The molecule has 0 N–H and O–H groups in total. The predicted octanol–water partition coefficient (Wildman–Crippen LogP) is 2.47. The summed E-state index contributed by atoms with van der Waals surface area (Å²) in [5.74, 6) is 3.88. The number of hydrogen-bond donors (Lipinski definition) is 0. The van der Waals surface area contributed by atoms with Crippen LogP contribution < -0.4 is 0 Å². The summed E-state index contributed by atoms with van der Waals surface area (Å²) in [5, 5.41) is 0. The third-order valence-electron chi connectivity index (χ3n) is 4.74. The molecule has 4 saturated carbocycles. The van der Waals surface area contributed by atoms with E-state index < -0.39 is 0 Å². The molecule has 15 heavy (non-hydrogen) atoms. The van der Waals surface area contributed by atoms with Crippen molar-refractivity contribution in [1.29, 1.82) is 0 Å². The topological polar surface area (TPSA) is 18.5 Å². The van der Waals surface area contributed by atoms with Crippen molar-refractivity contribution in [3.63, 3.8) is 0 Å². The molecule has 0 aromatic carbocycles. The molecule has 4 fully saturated rings. The lowest BCUT2D eigenvalue weighted by Crippen LogP contribution is -2.49. The third-order valence-corrected chi connectivity index (χ3v) is 4.74. The summed E-state index contributed by atoms with van der Waals surface area (Å²) >= 11 is 0. The maximum Gasteiger partial charge on any atom is 0.0704 e. The van der Waals surface area contributed by atoms with Crippen LogP contribution in [-0.2, 0) is 9.47 Å². The van der Waals surface area contributed by atoms with Gasteiger partial charge in [0.2, 0.25) is 0 Å². The van der Waals surface area contributed by atoms with Crippen LogP contribution in [0, 0.1) is 23.7 Å². The molecule has 4 aliphatic rings. The van der Waals surface area contributed by atoms with Crippen LogP contribution in [0.25, 0.3) is 0 Å². The van der Waals surface area contributed by atoms with Gasteiger partial charge in [0.1, 0.15) is 0 Å². The Morgan fingerprint density at radius 1 is 0.867 bits per heavy atom. The summed E-state index contributed by atoms with van der Waals surface area (Å²) < 4.78 is 11.1. The van der Waals surface area contributed by atoms with Gasteiger partial charge in [0.15, 0.2) is 0 Å². The van der Waals surface area contributed by atoms with E-state index in [0.29, 0.717) is 6.10 Å². The van der Waals surface area contributed by atoms with E-state index in [2.05, 4.69) is 0 Å². The molecule has 4 rings (SSSR count). The minimum Gasteiger partial charge on any atom is -0.382 e. The lowest BCUT2D eigenvalue weighted by atomic mass is 9.55. The van der Waals surface area contributed by atoms with E-state index in [9.17, 15) is 0 Å². The Bertz CT molecular complexity index is 199. The minimum absolute atomic E-state index is 0.577. The first kappa shape index (κ1) is 10.1. The first-order valence-electron chi connectivity index (χ1n) is 6.47. The van der Waals surface area contributed by atoms with E-state index in [-0.39, 0.29) is 0 Å². The summed E-state index contributed by atoms with van der Waals surface area (Å²) in [5.41, 5.74) is 0. The highest BCUT2D eigenvalue weighted by molar-refractivity contribution is 4.98. The number of ether oxygens (including phenoxy) is 2. The van der Waals surface area contributed by atoms with Gasteiger partial charge in [0.25, 0.3) is 0 Å². The Hall–Kier alpha value is -0.0800. The van der Waals surface area contributed by atoms with E-state index in [0.717, 1.165) is 36.9 Å².